The van der Waals surface area contributed by atoms with Gasteiger partial charge in [0.1, 0.15) is 5.83 Å². The van der Waals surface area contributed by atoms with Crippen molar-refractivity contribution in [2.75, 3.05) is 13.1 Å². The zero-order valence-corrected chi connectivity index (χ0v) is 14.5. The molecule has 1 N–H and O–H groups in total. The minimum atomic E-state index is -0.179. The summed E-state index contributed by atoms with van der Waals surface area (Å²) in [6.07, 6.45) is 8.61. The molecule has 0 bridgehead atoms. The molecule has 1 amide bonds. The van der Waals surface area contributed by atoms with E-state index < -0.39 is 0 Å². The van der Waals surface area contributed by atoms with Crippen LogP contribution in [0.3, 0.4) is 0 Å². The first-order valence-electron chi connectivity index (χ1n) is 7.95. The zero-order chi connectivity index (χ0) is 17.4. The standard InChI is InChI=1S/C12H10FNS.C6H11NO2/c1-9-8-14-12(15-9)6-5-10-3-2-4-11(13)7-10;8-5-7-3-1-6(9)2-4-7/h3,7-8H,2,4H2,1H3;5-6,9H,1-4H2. The molecule has 1 aromatic rings. The van der Waals surface area contributed by atoms with Gasteiger partial charge in [-0.1, -0.05) is 12.0 Å². The van der Waals surface area contributed by atoms with Gasteiger partial charge < -0.3 is 10.0 Å². The van der Waals surface area contributed by atoms with Crippen molar-refractivity contribution in [2.24, 2.45) is 0 Å². The molecule has 0 spiro atoms. The maximum Gasteiger partial charge on any atom is 0.209 e. The van der Waals surface area contributed by atoms with Crippen LogP contribution in [0.5, 0.6) is 0 Å². The molecule has 0 atom stereocenters. The number of allylic oxidation sites excluding steroid dienone is 4. The van der Waals surface area contributed by atoms with Crippen LogP contribution < -0.4 is 0 Å². The van der Waals surface area contributed by atoms with Crippen LogP contribution in [0.15, 0.2) is 29.7 Å². The van der Waals surface area contributed by atoms with Gasteiger partial charge in [0.05, 0.1) is 6.10 Å². The molecule has 0 aromatic carbocycles. The van der Waals surface area contributed by atoms with Crippen molar-refractivity contribution in [3.05, 3.63) is 39.6 Å². The molecule has 0 radical (unpaired) electrons. The van der Waals surface area contributed by atoms with Gasteiger partial charge in [-0.2, -0.15) is 0 Å². The number of carbonyl (C=O) groups excluding carboxylic acids is 1. The monoisotopic (exact) mass is 348 g/mol. The molecular formula is C18H21FN2O2S. The number of aliphatic hydroxyl groups excluding tert-OH is 1. The number of piperidine rings is 1. The quantitative estimate of drug-likeness (QED) is 0.627. The van der Waals surface area contributed by atoms with E-state index in [1.54, 1.807) is 22.4 Å². The van der Waals surface area contributed by atoms with Gasteiger partial charge in [-0.05, 0) is 38.2 Å². The van der Waals surface area contributed by atoms with E-state index in [1.165, 1.54) is 6.08 Å². The van der Waals surface area contributed by atoms with Crippen molar-refractivity contribution in [1.82, 2.24) is 9.88 Å². The summed E-state index contributed by atoms with van der Waals surface area (Å²) < 4.78 is 12.9. The highest BCUT2D eigenvalue weighted by Gasteiger charge is 2.14. The average molecular weight is 348 g/mol. The Kier molecular flexibility index (Phi) is 7.16. The summed E-state index contributed by atoms with van der Waals surface area (Å²) in [5.41, 5.74) is 0.756. The number of halogens is 1. The van der Waals surface area contributed by atoms with E-state index in [2.05, 4.69) is 16.8 Å². The first kappa shape index (κ1) is 18.4. The largest absolute Gasteiger partial charge is 0.393 e. The average Bonchev–Trinajstić information content (AvgIpc) is 3.00. The number of aliphatic hydroxyl groups is 1. The molecule has 0 unspecified atom stereocenters. The normalized spacial score (nSPS) is 17.7. The van der Waals surface area contributed by atoms with Gasteiger partial charge in [0, 0.05) is 36.2 Å². The van der Waals surface area contributed by atoms with Crippen molar-refractivity contribution < 1.29 is 14.3 Å². The Hall–Kier alpha value is -1.97. The maximum absolute atomic E-state index is 12.9. The highest BCUT2D eigenvalue weighted by Crippen LogP contribution is 2.17. The first-order chi connectivity index (χ1) is 11.6. The summed E-state index contributed by atoms with van der Waals surface area (Å²) in [6.45, 7) is 3.41. The summed E-state index contributed by atoms with van der Waals surface area (Å²) >= 11 is 1.55. The Morgan fingerprint density at radius 1 is 1.42 bits per heavy atom. The molecule has 1 aliphatic carbocycles. The topological polar surface area (TPSA) is 53.4 Å². The number of hydrogen-bond donors (Lipinski definition) is 1. The molecule has 1 aromatic heterocycles. The minimum absolute atomic E-state index is 0.0860. The Morgan fingerprint density at radius 2 is 2.17 bits per heavy atom. The zero-order valence-electron chi connectivity index (χ0n) is 13.7. The van der Waals surface area contributed by atoms with Gasteiger partial charge in [-0.3, -0.25) is 4.79 Å². The van der Waals surface area contributed by atoms with Crippen molar-refractivity contribution in [3.8, 4) is 11.8 Å². The second kappa shape index (κ2) is 9.36. The minimum Gasteiger partial charge on any atom is -0.393 e. The van der Waals surface area contributed by atoms with E-state index in [-0.39, 0.29) is 11.9 Å². The smallest absolute Gasteiger partial charge is 0.209 e. The van der Waals surface area contributed by atoms with Crippen molar-refractivity contribution in [1.29, 1.82) is 0 Å². The molecule has 24 heavy (non-hydrogen) atoms. The number of thiazole rings is 1. The second-order valence-electron chi connectivity index (χ2n) is 5.69. The van der Waals surface area contributed by atoms with Gasteiger partial charge >= 0.3 is 0 Å². The highest BCUT2D eigenvalue weighted by atomic mass is 32.1. The van der Waals surface area contributed by atoms with Crippen LogP contribution in [0.2, 0.25) is 0 Å². The molecular weight excluding hydrogens is 327 g/mol. The van der Waals surface area contributed by atoms with Crippen LogP contribution >= 0.6 is 11.3 Å². The number of amides is 1. The maximum atomic E-state index is 12.9. The lowest BCUT2D eigenvalue weighted by Gasteiger charge is -2.25. The number of carbonyl (C=O) groups is 1. The summed E-state index contributed by atoms with van der Waals surface area (Å²) in [7, 11) is 0. The molecule has 1 aliphatic heterocycles. The molecule has 2 heterocycles. The number of aryl methyl sites for hydroxylation is 1. The lowest BCUT2D eigenvalue weighted by Crippen LogP contribution is -2.34. The number of likely N-dealkylation sites (tertiary alicyclic amines) is 1. The molecule has 1 saturated heterocycles. The van der Waals surface area contributed by atoms with E-state index in [0.717, 1.165) is 41.1 Å². The van der Waals surface area contributed by atoms with E-state index >= 15 is 0 Å². The van der Waals surface area contributed by atoms with Crippen LogP contribution in [0.4, 0.5) is 4.39 Å². The fourth-order valence-electron chi connectivity index (χ4n) is 2.28. The van der Waals surface area contributed by atoms with E-state index in [0.29, 0.717) is 19.5 Å². The highest BCUT2D eigenvalue weighted by molar-refractivity contribution is 7.12. The third kappa shape index (κ3) is 6.26. The van der Waals surface area contributed by atoms with Gasteiger partial charge in [-0.25, -0.2) is 9.37 Å². The van der Waals surface area contributed by atoms with Crippen molar-refractivity contribution in [2.45, 2.75) is 38.7 Å². The predicted octanol–water partition coefficient (Wildman–Crippen LogP) is 2.98. The summed E-state index contributed by atoms with van der Waals surface area (Å²) in [4.78, 5) is 17.1. The van der Waals surface area contributed by atoms with Crippen LogP contribution in [0.1, 0.15) is 35.6 Å². The van der Waals surface area contributed by atoms with E-state index in [4.69, 9.17) is 5.11 Å². The van der Waals surface area contributed by atoms with Crippen LogP contribution in [-0.2, 0) is 4.79 Å². The van der Waals surface area contributed by atoms with Crippen LogP contribution in [-0.4, -0.2) is 40.6 Å². The van der Waals surface area contributed by atoms with Crippen molar-refractivity contribution >= 4 is 17.7 Å². The molecule has 4 nitrogen and oxygen atoms in total. The van der Waals surface area contributed by atoms with Gasteiger partial charge in [0.15, 0.2) is 5.01 Å². The Bertz CT molecular complexity index is 677. The Morgan fingerprint density at radius 3 is 2.75 bits per heavy atom. The third-order valence-electron chi connectivity index (χ3n) is 3.64. The summed E-state index contributed by atoms with van der Waals surface area (Å²) in [6, 6.07) is 0. The second-order valence-corrected chi connectivity index (χ2v) is 6.92. The fraction of sp³-hybridized carbons (Fsp3) is 0.444. The predicted molar refractivity (Wildman–Crippen MR) is 93.1 cm³/mol. The lowest BCUT2D eigenvalue weighted by atomic mass is 10.1. The Labute approximate surface area is 145 Å². The number of rotatable bonds is 1. The molecule has 3 rings (SSSR count). The number of aromatic nitrogens is 1. The molecule has 128 valence electrons. The SMILES string of the molecule is Cc1cnc(C#CC2=CCCC(F)=C2)s1.O=CN1CCC(O)CC1. The first-order valence-corrected chi connectivity index (χ1v) is 8.76. The van der Waals surface area contributed by atoms with Crippen LogP contribution in [0.25, 0.3) is 0 Å². The van der Waals surface area contributed by atoms with Gasteiger partial charge in [0.25, 0.3) is 0 Å². The Balaban J connectivity index is 0.000000198. The van der Waals surface area contributed by atoms with Crippen LogP contribution in [0, 0.1) is 18.8 Å². The third-order valence-corrected chi connectivity index (χ3v) is 4.47. The summed E-state index contributed by atoms with van der Waals surface area (Å²) in [5.74, 6) is 5.77. The molecule has 1 fully saturated rings. The van der Waals surface area contributed by atoms with Crippen molar-refractivity contribution in [3.63, 3.8) is 0 Å². The molecule has 2 aliphatic rings. The van der Waals surface area contributed by atoms with E-state index in [9.17, 15) is 9.18 Å². The van der Waals surface area contributed by atoms with E-state index in [1.807, 2.05) is 13.0 Å². The number of nitrogens with zero attached hydrogens (tertiary/aromatic N) is 2. The molecule has 0 saturated carbocycles. The fourth-order valence-corrected chi connectivity index (χ4v) is 2.90. The number of hydrogen-bond acceptors (Lipinski definition) is 4. The lowest BCUT2D eigenvalue weighted by molar-refractivity contribution is -0.119. The molecule has 6 heteroatoms. The summed E-state index contributed by atoms with van der Waals surface area (Å²) in [5, 5.41) is 9.76. The van der Waals surface area contributed by atoms with Gasteiger partial charge in [-0.15, -0.1) is 11.3 Å². The van der Waals surface area contributed by atoms with Gasteiger partial charge in [0.2, 0.25) is 6.41 Å².